The van der Waals surface area contributed by atoms with Crippen LogP contribution in [-0.4, -0.2) is 6.54 Å². The Morgan fingerprint density at radius 2 is 1.60 bits per heavy atom. The maximum atomic E-state index is 3.62. The predicted octanol–water partition coefficient (Wildman–Crippen LogP) is 4.51. The van der Waals surface area contributed by atoms with E-state index in [-0.39, 0.29) is 0 Å². The largest absolute Gasteiger partial charge is 0.310 e. The molecule has 2 aromatic carbocycles. The Labute approximate surface area is 123 Å². The minimum atomic E-state index is 0.401. The third kappa shape index (κ3) is 4.21. The molecule has 0 heterocycles. The van der Waals surface area contributed by atoms with E-state index in [0.29, 0.717) is 6.04 Å². The van der Waals surface area contributed by atoms with E-state index in [2.05, 4.69) is 75.5 Å². The van der Waals surface area contributed by atoms with Gasteiger partial charge in [0.15, 0.2) is 0 Å². The fourth-order valence-corrected chi connectivity index (χ4v) is 2.68. The van der Waals surface area contributed by atoms with Crippen molar-refractivity contribution in [1.82, 2.24) is 5.32 Å². The Morgan fingerprint density at radius 1 is 0.900 bits per heavy atom. The molecule has 0 saturated carbocycles. The molecule has 0 spiro atoms. The Bertz CT molecular complexity index is 551. The summed E-state index contributed by atoms with van der Waals surface area (Å²) >= 11 is 0. The van der Waals surface area contributed by atoms with Gasteiger partial charge in [0.05, 0.1) is 0 Å². The number of benzene rings is 2. The SMILES string of the molecule is Cc1cccc(CCNC(C)c2cc(C)cc(C)c2)c1. The van der Waals surface area contributed by atoms with E-state index in [4.69, 9.17) is 0 Å². The maximum absolute atomic E-state index is 3.62. The van der Waals surface area contributed by atoms with Crippen LogP contribution in [0.2, 0.25) is 0 Å². The first kappa shape index (κ1) is 14.8. The van der Waals surface area contributed by atoms with Gasteiger partial charge < -0.3 is 5.32 Å². The summed E-state index contributed by atoms with van der Waals surface area (Å²) in [6.45, 7) is 9.73. The molecule has 1 unspecified atom stereocenters. The second-order valence-corrected chi connectivity index (χ2v) is 5.84. The highest BCUT2D eigenvalue weighted by molar-refractivity contribution is 5.30. The minimum absolute atomic E-state index is 0.401. The van der Waals surface area contributed by atoms with Crippen LogP contribution in [-0.2, 0) is 6.42 Å². The first-order valence-electron chi connectivity index (χ1n) is 7.42. The zero-order valence-electron chi connectivity index (χ0n) is 13.0. The summed E-state index contributed by atoms with van der Waals surface area (Å²) in [4.78, 5) is 0. The first-order valence-corrected chi connectivity index (χ1v) is 7.42. The molecule has 1 atom stereocenters. The number of nitrogens with one attached hydrogen (secondary N) is 1. The molecule has 0 fully saturated rings. The third-order valence-electron chi connectivity index (χ3n) is 3.69. The van der Waals surface area contributed by atoms with Crippen LogP contribution >= 0.6 is 0 Å². The Balaban J connectivity index is 1.90. The topological polar surface area (TPSA) is 12.0 Å². The van der Waals surface area contributed by atoms with Gasteiger partial charge in [0.1, 0.15) is 0 Å². The van der Waals surface area contributed by atoms with Crippen LogP contribution in [0.1, 0.15) is 40.8 Å². The molecule has 1 nitrogen and oxygen atoms in total. The normalized spacial score (nSPS) is 12.4. The van der Waals surface area contributed by atoms with Crippen molar-refractivity contribution in [3.05, 3.63) is 70.3 Å². The molecular formula is C19H25N. The van der Waals surface area contributed by atoms with Crippen LogP contribution in [0.4, 0.5) is 0 Å². The van der Waals surface area contributed by atoms with Crippen LogP contribution in [0.5, 0.6) is 0 Å². The average molecular weight is 267 g/mol. The standard InChI is InChI=1S/C19H25N/c1-14-6-5-7-18(11-14)8-9-20-17(4)19-12-15(2)10-16(3)13-19/h5-7,10-13,17,20H,8-9H2,1-4H3. The average Bonchev–Trinajstić information content (AvgIpc) is 2.37. The van der Waals surface area contributed by atoms with Gasteiger partial charge in [0, 0.05) is 6.04 Å². The number of aryl methyl sites for hydroxylation is 3. The molecule has 0 saturated heterocycles. The van der Waals surface area contributed by atoms with Crippen molar-refractivity contribution >= 4 is 0 Å². The van der Waals surface area contributed by atoms with Crippen LogP contribution < -0.4 is 5.32 Å². The minimum Gasteiger partial charge on any atom is -0.310 e. The van der Waals surface area contributed by atoms with Gasteiger partial charge in [0.2, 0.25) is 0 Å². The zero-order valence-corrected chi connectivity index (χ0v) is 13.0. The number of hydrogen-bond donors (Lipinski definition) is 1. The predicted molar refractivity (Wildman–Crippen MR) is 87.2 cm³/mol. The molecule has 0 radical (unpaired) electrons. The molecule has 1 heteroatoms. The summed E-state index contributed by atoms with van der Waals surface area (Å²) in [5, 5.41) is 3.62. The van der Waals surface area contributed by atoms with E-state index in [9.17, 15) is 0 Å². The van der Waals surface area contributed by atoms with Crippen molar-refractivity contribution in [1.29, 1.82) is 0 Å². The third-order valence-corrected chi connectivity index (χ3v) is 3.69. The van der Waals surface area contributed by atoms with Gasteiger partial charge in [-0.3, -0.25) is 0 Å². The Morgan fingerprint density at radius 3 is 2.25 bits per heavy atom. The van der Waals surface area contributed by atoms with Gasteiger partial charge in [0.25, 0.3) is 0 Å². The summed E-state index contributed by atoms with van der Waals surface area (Å²) < 4.78 is 0. The van der Waals surface area contributed by atoms with Crippen molar-refractivity contribution < 1.29 is 0 Å². The molecule has 2 aromatic rings. The van der Waals surface area contributed by atoms with Crippen molar-refractivity contribution in [2.75, 3.05) is 6.54 Å². The molecule has 0 aliphatic heterocycles. The molecule has 0 bridgehead atoms. The van der Waals surface area contributed by atoms with Gasteiger partial charge in [-0.05, 0) is 51.8 Å². The summed E-state index contributed by atoms with van der Waals surface area (Å²) in [6, 6.07) is 15.9. The van der Waals surface area contributed by atoms with Crippen molar-refractivity contribution in [2.24, 2.45) is 0 Å². The molecular weight excluding hydrogens is 242 g/mol. The fraction of sp³-hybridized carbons (Fsp3) is 0.368. The molecule has 0 amide bonds. The van der Waals surface area contributed by atoms with Crippen molar-refractivity contribution in [3.63, 3.8) is 0 Å². The second kappa shape index (κ2) is 6.71. The lowest BCUT2D eigenvalue weighted by molar-refractivity contribution is 0.576. The lowest BCUT2D eigenvalue weighted by Gasteiger charge is -2.16. The van der Waals surface area contributed by atoms with Crippen LogP contribution in [0.3, 0.4) is 0 Å². The smallest absolute Gasteiger partial charge is 0.0292 e. The molecule has 0 aliphatic rings. The molecule has 106 valence electrons. The molecule has 0 aromatic heterocycles. The fourth-order valence-electron chi connectivity index (χ4n) is 2.68. The van der Waals surface area contributed by atoms with Gasteiger partial charge in [-0.1, -0.05) is 59.2 Å². The monoisotopic (exact) mass is 267 g/mol. The van der Waals surface area contributed by atoms with Crippen molar-refractivity contribution in [2.45, 2.75) is 40.2 Å². The van der Waals surface area contributed by atoms with Gasteiger partial charge in [-0.2, -0.15) is 0 Å². The summed E-state index contributed by atoms with van der Waals surface area (Å²) in [7, 11) is 0. The van der Waals surface area contributed by atoms with Gasteiger partial charge in [-0.25, -0.2) is 0 Å². The van der Waals surface area contributed by atoms with E-state index >= 15 is 0 Å². The van der Waals surface area contributed by atoms with E-state index < -0.39 is 0 Å². The van der Waals surface area contributed by atoms with E-state index in [1.165, 1.54) is 27.8 Å². The van der Waals surface area contributed by atoms with Crippen LogP contribution in [0, 0.1) is 20.8 Å². The number of rotatable bonds is 5. The summed E-state index contributed by atoms with van der Waals surface area (Å²) in [5.41, 5.74) is 6.81. The Kier molecular flexibility index (Phi) is 4.97. The number of hydrogen-bond acceptors (Lipinski definition) is 1. The lowest BCUT2D eigenvalue weighted by atomic mass is 10.0. The lowest BCUT2D eigenvalue weighted by Crippen LogP contribution is -2.21. The molecule has 0 aliphatic carbocycles. The van der Waals surface area contributed by atoms with Crippen molar-refractivity contribution in [3.8, 4) is 0 Å². The van der Waals surface area contributed by atoms with Crippen LogP contribution in [0.25, 0.3) is 0 Å². The summed E-state index contributed by atoms with van der Waals surface area (Å²) in [5.74, 6) is 0. The Hall–Kier alpha value is -1.60. The molecule has 1 N–H and O–H groups in total. The molecule has 20 heavy (non-hydrogen) atoms. The summed E-state index contributed by atoms with van der Waals surface area (Å²) in [6.07, 6.45) is 1.08. The van der Waals surface area contributed by atoms with Gasteiger partial charge in [-0.15, -0.1) is 0 Å². The van der Waals surface area contributed by atoms with E-state index in [0.717, 1.165) is 13.0 Å². The highest BCUT2D eigenvalue weighted by Gasteiger charge is 2.05. The van der Waals surface area contributed by atoms with Crippen LogP contribution in [0.15, 0.2) is 42.5 Å². The quantitative estimate of drug-likeness (QED) is 0.840. The van der Waals surface area contributed by atoms with E-state index in [1.54, 1.807) is 0 Å². The molecule has 2 rings (SSSR count). The second-order valence-electron chi connectivity index (χ2n) is 5.84. The van der Waals surface area contributed by atoms with Gasteiger partial charge >= 0.3 is 0 Å². The maximum Gasteiger partial charge on any atom is 0.0292 e. The van der Waals surface area contributed by atoms with E-state index in [1.807, 2.05) is 0 Å². The highest BCUT2D eigenvalue weighted by atomic mass is 14.9. The first-order chi connectivity index (χ1) is 9.54. The zero-order chi connectivity index (χ0) is 14.5. The highest BCUT2D eigenvalue weighted by Crippen LogP contribution is 2.16.